The minimum Gasteiger partial charge on any atom is -0.321 e. The van der Waals surface area contributed by atoms with Gasteiger partial charge in [0.1, 0.15) is 0 Å². The molecule has 0 saturated carbocycles. The van der Waals surface area contributed by atoms with Gasteiger partial charge in [0.05, 0.1) is 4.92 Å². The van der Waals surface area contributed by atoms with Gasteiger partial charge in [0.15, 0.2) is 0 Å². The Labute approximate surface area is 75.8 Å². The lowest BCUT2D eigenvalue weighted by atomic mass is 10.1. The van der Waals surface area contributed by atoms with E-state index in [1.54, 1.807) is 18.2 Å². The molecular formula is C9H10N2O2. The highest BCUT2D eigenvalue weighted by Gasteiger charge is 2.08. The van der Waals surface area contributed by atoms with E-state index in [1.165, 1.54) is 12.1 Å². The number of hydrogen-bond acceptors (Lipinski definition) is 3. The Morgan fingerprint density at radius 1 is 1.62 bits per heavy atom. The smallest absolute Gasteiger partial charge is 0.269 e. The van der Waals surface area contributed by atoms with Gasteiger partial charge in [-0.15, -0.1) is 6.58 Å². The SMILES string of the molecule is C=C[C@@H](N)c1cccc([N+](=O)[O-])c1. The molecule has 0 saturated heterocycles. The average Bonchev–Trinajstić information content (AvgIpc) is 2.17. The van der Waals surface area contributed by atoms with Gasteiger partial charge in [-0.3, -0.25) is 10.1 Å². The van der Waals surface area contributed by atoms with Crippen molar-refractivity contribution in [3.05, 3.63) is 52.6 Å². The largest absolute Gasteiger partial charge is 0.321 e. The van der Waals surface area contributed by atoms with E-state index >= 15 is 0 Å². The second-order valence-corrected chi connectivity index (χ2v) is 2.61. The first-order valence-electron chi connectivity index (χ1n) is 3.77. The molecule has 2 N–H and O–H groups in total. The van der Waals surface area contributed by atoms with Crippen molar-refractivity contribution in [1.82, 2.24) is 0 Å². The first kappa shape index (κ1) is 9.41. The third-order valence-corrected chi connectivity index (χ3v) is 1.72. The lowest BCUT2D eigenvalue weighted by molar-refractivity contribution is -0.384. The average molecular weight is 178 g/mol. The van der Waals surface area contributed by atoms with Crippen LogP contribution in [-0.2, 0) is 0 Å². The van der Waals surface area contributed by atoms with Gasteiger partial charge < -0.3 is 5.73 Å². The Balaban J connectivity index is 3.04. The first-order chi connectivity index (χ1) is 6.15. The number of hydrogen-bond donors (Lipinski definition) is 1. The zero-order valence-corrected chi connectivity index (χ0v) is 7.01. The van der Waals surface area contributed by atoms with E-state index in [2.05, 4.69) is 6.58 Å². The van der Waals surface area contributed by atoms with E-state index in [0.29, 0.717) is 5.56 Å². The van der Waals surface area contributed by atoms with Crippen LogP contribution in [0.5, 0.6) is 0 Å². The van der Waals surface area contributed by atoms with Crippen LogP contribution in [0.15, 0.2) is 36.9 Å². The third kappa shape index (κ3) is 2.13. The predicted molar refractivity (Wildman–Crippen MR) is 50.2 cm³/mol. The van der Waals surface area contributed by atoms with Crippen LogP contribution < -0.4 is 5.73 Å². The van der Waals surface area contributed by atoms with Crippen LogP contribution in [0, 0.1) is 10.1 Å². The molecule has 0 heterocycles. The molecular weight excluding hydrogens is 168 g/mol. The lowest BCUT2D eigenvalue weighted by Crippen LogP contribution is -2.06. The summed E-state index contributed by atoms with van der Waals surface area (Å²) >= 11 is 0. The minimum atomic E-state index is -0.445. The Kier molecular flexibility index (Phi) is 2.76. The molecule has 0 aromatic heterocycles. The van der Waals surface area contributed by atoms with Crippen molar-refractivity contribution in [2.45, 2.75) is 6.04 Å². The zero-order chi connectivity index (χ0) is 9.84. The van der Waals surface area contributed by atoms with Crippen LogP contribution in [0.3, 0.4) is 0 Å². The maximum absolute atomic E-state index is 10.4. The van der Waals surface area contributed by atoms with E-state index in [-0.39, 0.29) is 11.7 Å². The highest BCUT2D eigenvalue weighted by molar-refractivity contribution is 5.36. The quantitative estimate of drug-likeness (QED) is 0.435. The molecule has 1 aromatic carbocycles. The van der Waals surface area contributed by atoms with Gasteiger partial charge in [-0.25, -0.2) is 0 Å². The van der Waals surface area contributed by atoms with Gasteiger partial charge in [-0.1, -0.05) is 18.2 Å². The summed E-state index contributed by atoms with van der Waals surface area (Å²) in [5, 5.41) is 10.4. The molecule has 1 atom stereocenters. The normalized spacial score (nSPS) is 12.1. The molecule has 0 aliphatic heterocycles. The standard InChI is InChI=1S/C9H10N2O2/c1-2-9(10)7-4-3-5-8(6-7)11(12)13/h2-6,9H,1,10H2/t9-/m1/s1. The van der Waals surface area contributed by atoms with Gasteiger partial charge in [0, 0.05) is 18.2 Å². The van der Waals surface area contributed by atoms with E-state index in [0.717, 1.165) is 0 Å². The fourth-order valence-electron chi connectivity index (χ4n) is 0.982. The van der Waals surface area contributed by atoms with Crippen LogP contribution in [0.25, 0.3) is 0 Å². The molecule has 0 spiro atoms. The molecule has 0 unspecified atom stereocenters. The molecule has 4 nitrogen and oxygen atoms in total. The molecule has 0 fully saturated rings. The molecule has 0 aliphatic carbocycles. The number of non-ortho nitro benzene ring substituents is 1. The van der Waals surface area contributed by atoms with Crippen molar-refractivity contribution in [3.63, 3.8) is 0 Å². The van der Waals surface area contributed by atoms with Gasteiger partial charge in [0.2, 0.25) is 0 Å². The number of nitro benzene ring substituents is 1. The van der Waals surface area contributed by atoms with Crippen LogP contribution in [0.4, 0.5) is 5.69 Å². The third-order valence-electron chi connectivity index (χ3n) is 1.72. The van der Waals surface area contributed by atoms with Gasteiger partial charge in [0.25, 0.3) is 5.69 Å². The molecule has 0 radical (unpaired) electrons. The van der Waals surface area contributed by atoms with Crippen LogP contribution in [0.1, 0.15) is 11.6 Å². The molecule has 1 aromatic rings. The molecule has 0 bridgehead atoms. The van der Waals surface area contributed by atoms with E-state index < -0.39 is 4.92 Å². The van der Waals surface area contributed by atoms with Gasteiger partial charge in [-0.05, 0) is 5.56 Å². The molecule has 13 heavy (non-hydrogen) atoms. The summed E-state index contributed by atoms with van der Waals surface area (Å²) < 4.78 is 0. The highest BCUT2D eigenvalue weighted by atomic mass is 16.6. The first-order valence-corrected chi connectivity index (χ1v) is 3.77. The Hall–Kier alpha value is -1.68. The monoisotopic (exact) mass is 178 g/mol. The Bertz CT molecular complexity index is 336. The number of benzene rings is 1. The zero-order valence-electron chi connectivity index (χ0n) is 7.01. The van der Waals surface area contributed by atoms with Crippen molar-refractivity contribution in [3.8, 4) is 0 Å². The minimum absolute atomic E-state index is 0.0507. The maximum Gasteiger partial charge on any atom is 0.269 e. The summed E-state index contributed by atoms with van der Waals surface area (Å²) in [4.78, 5) is 9.96. The molecule has 4 heteroatoms. The van der Waals surface area contributed by atoms with Crippen LogP contribution in [-0.4, -0.2) is 4.92 Å². The molecule has 1 rings (SSSR count). The van der Waals surface area contributed by atoms with Crippen molar-refractivity contribution in [1.29, 1.82) is 0 Å². The second-order valence-electron chi connectivity index (χ2n) is 2.61. The number of nitrogens with zero attached hydrogens (tertiary/aromatic N) is 1. The summed E-state index contributed by atoms with van der Waals surface area (Å²) in [6, 6.07) is 5.88. The highest BCUT2D eigenvalue weighted by Crippen LogP contribution is 2.17. The number of rotatable bonds is 3. The summed E-state index contributed by atoms with van der Waals surface area (Å²) in [6.45, 7) is 3.52. The van der Waals surface area contributed by atoms with E-state index in [1.807, 2.05) is 0 Å². The maximum atomic E-state index is 10.4. The lowest BCUT2D eigenvalue weighted by Gasteiger charge is -2.04. The molecule has 68 valence electrons. The van der Waals surface area contributed by atoms with Gasteiger partial charge >= 0.3 is 0 Å². The van der Waals surface area contributed by atoms with Crippen molar-refractivity contribution >= 4 is 5.69 Å². The predicted octanol–water partition coefficient (Wildman–Crippen LogP) is 1.78. The fraction of sp³-hybridized carbons (Fsp3) is 0.111. The van der Waals surface area contributed by atoms with Crippen LogP contribution >= 0.6 is 0 Å². The summed E-state index contributed by atoms with van der Waals surface area (Å²) in [5.74, 6) is 0. The fourth-order valence-corrected chi connectivity index (χ4v) is 0.982. The van der Waals surface area contributed by atoms with Crippen molar-refractivity contribution in [2.75, 3.05) is 0 Å². The number of nitro groups is 1. The Morgan fingerprint density at radius 2 is 2.31 bits per heavy atom. The van der Waals surface area contributed by atoms with E-state index in [9.17, 15) is 10.1 Å². The molecule has 0 amide bonds. The topological polar surface area (TPSA) is 69.2 Å². The van der Waals surface area contributed by atoms with E-state index in [4.69, 9.17) is 5.73 Å². The number of nitrogens with two attached hydrogens (primary N) is 1. The summed E-state index contributed by atoms with van der Waals surface area (Å²) in [6.07, 6.45) is 1.54. The Morgan fingerprint density at radius 3 is 2.85 bits per heavy atom. The van der Waals surface area contributed by atoms with Crippen LogP contribution in [0.2, 0.25) is 0 Å². The van der Waals surface area contributed by atoms with Gasteiger partial charge in [-0.2, -0.15) is 0 Å². The van der Waals surface area contributed by atoms with Crippen molar-refractivity contribution in [2.24, 2.45) is 5.73 Å². The second kappa shape index (κ2) is 3.82. The van der Waals surface area contributed by atoms with Crippen molar-refractivity contribution < 1.29 is 4.92 Å². The molecule has 0 aliphatic rings. The summed E-state index contributed by atoms with van der Waals surface area (Å²) in [5.41, 5.74) is 6.37. The summed E-state index contributed by atoms with van der Waals surface area (Å²) in [7, 11) is 0.